The number of benzene rings is 3. The molecule has 0 aliphatic heterocycles. The van der Waals surface area contributed by atoms with Gasteiger partial charge >= 0.3 is 15.6 Å². The molecule has 0 unspecified atom stereocenters. The van der Waals surface area contributed by atoms with Crippen LogP contribution in [-0.2, 0) is 10.1 Å². The number of halogens is 3. The van der Waals surface area contributed by atoms with E-state index in [2.05, 4.69) is 4.18 Å². The van der Waals surface area contributed by atoms with E-state index in [1.807, 2.05) is 35.7 Å². The van der Waals surface area contributed by atoms with Gasteiger partial charge in [0.2, 0.25) is 0 Å². The number of rotatable bonds is 2. The van der Waals surface area contributed by atoms with Crippen LogP contribution in [-0.4, -0.2) is 13.9 Å². The highest BCUT2D eigenvalue weighted by atomic mass is 32.2. The van der Waals surface area contributed by atoms with E-state index < -0.39 is 15.6 Å². The molecule has 8 heteroatoms. The van der Waals surface area contributed by atoms with Gasteiger partial charge in [-0.05, 0) is 45.8 Å². The second-order valence-electron chi connectivity index (χ2n) is 5.40. The summed E-state index contributed by atoms with van der Waals surface area (Å²) in [4.78, 5) is 0. The van der Waals surface area contributed by atoms with Crippen molar-refractivity contribution in [2.75, 3.05) is 0 Å². The predicted molar refractivity (Wildman–Crippen MR) is 92.4 cm³/mol. The normalized spacial score (nSPS) is 12.9. The fraction of sp³-hybridized carbons (Fsp3) is 0.0588. The average molecular weight is 382 g/mol. The number of alkyl halides is 3. The lowest BCUT2D eigenvalue weighted by Crippen LogP contribution is -2.28. The molecule has 0 radical (unpaired) electrons. The van der Waals surface area contributed by atoms with Gasteiger partial charge in [-0.15, -0.1) is 11.3 Å². The van der Waals surface area contributed by atoms with Crippen LogP contribution in [0, 0.1) is 0 Å². The maximum absolute atomic E-state index is 12.5. The summed E-state index contributed by atoms with van der Waals surface area (Å²) in [6, 6.07) is 13.5. The molecule has 4 rings (SSSR count). The molecule has 0 bridgehead atoms. The Balaban J connectivity index is 2.00. The van der Waals surface area contributed by atoms with Crippen molar-refractivity contribution >= 4 is 53.1 Å². The summed E-state index contributed by atoms with van der Waals surface area (Å²) < 4.78 is 65.5. The molecule has 0 aliphatic rings. The van der Waals surface area contributed by atoms with Gasteiger partial charge in [0.15, 0.2) is 0 Å². The summed E-state index contributed by atoms with van der Waals surface area (Å²) in [5, 5.41) is 6.14. The summed E-state index contributed by atoms with van der Waals surface area (Å²) in [5.74, 6) is -0.371. The van der Waals surface area contributed by atoms with E-state index in [9.17, 15) is 21.6 Å². The van der Waals surface area contributed by atoms with Gasteiger partial charge in [0.1, 0.15) is 5.75 Å². The van der Waals surface area contributed by atoms with Crippen LogP contribution >= 0.6 is 11.3 Å². The third-order valence-corrected chi connectivity index (χ3v) is 5.82. The molecule has 3 nitrogen and oxygen atoms in total. The Bertz CT molecular complexity index is 1220. The molecule has 0 amide bonds. The van der Waals surface area contributed by atoms with Crippen molar-refractivity contribution < 1.29 is 25.8 Å². The van der Waals surface area contributed by atoms with Gasteiger partial charge in [0.05, 0.1) is 0 Å². The Hall–Kier alpha value is -2.32. The van der Waals surface area contributed by atoms with Crippen molar-refractivity contribution in [3.8, 4) is 5.75 Å². The number of thiophene rings is 1. The van der Waals surface area contributed by atoms with Crippen molar-refractivity contribution in [3.05, 3.63) is 53.9 Å². The molecule has 0 saturated carbocycles. The van der Waals surface area contributed by atoms with Crippen LogP contribution in [0.5, 0.6) is 5.75 Å². The van der Waals surface area contributed by atoms with Gasteiger partial charge in [-0.1, -0.05) is 24.3 Å². The molecule has 3 aromatic carbocycles. The zero-order chi connectivity index (χ0) is 17.8. The molecule has 25 heavy (non-hydrogen) atoms. The molecule has 128 valence electrons. The van der Waals surface area contributed by atoms with Crippen molar-refractivity contribution in [2.24, 2.45) is 0 Å². The maximum Gasteiger partial charge on any atom is 0.534 e. The lowest BCUT2D eigenvalue weighted by molar-refractivity contribution is -0.0500. The quantitative estimate of drug-likeness (QED) is 0.264. The van der Waals surface area contributed by atoms with Gasteiger partial charge in [-0.25, -0.2) is 0 Å². The molecule has 1 heterocycles. The van der Waals surface area contributed by atoms with E-state index in [0.717, 1.165) is 26.2 Å². The minimum atomic E-state index is -5.70. The van der Waals surface area contributed by atoms with E-state index in [0.29, 0.717) is 5.39 Å². The fourth-order valence-corrected chi connectivity index (χ4v) is 4.25. The van der Waals surface area contributed by atoms with E-state index in [4.69, 9.17) is 0 Å². The number of hydrogen-bond donors (Lipinski definition) is 0. The minimum absolute atomic E-state index is 0.371. The van der Waals surface area contributed by atoms with E-state index in [-0.39, 0.29) is 5.75 Å². The second-order valence-corrected chi connectivity index (χ2v) is 7.85. The lowest BCUT2D eigenvalue weighted by Gasteiger charge is -2.11. The fourth-order valence-electron chi connectivity index (χ4n) is 2.85. The van der Waals surface area contributed by atoms with E-state index in [1.54, 1.807) is 17.4 Å². The van der Waals surface area contributed by atoms with Gasteiger partial charge in [-0.3, -0.25) is 0 Å². The molecule has 0 spiro atoms. The first-order valence-corrected chi connectivity index (χ1v) is 9.39. The molecule has 0 atom stereocenters. The lowest BCUT2D eigenvalue weighted by atomic mass is 9.99. The Labute approximate surface area is 144 Å². The molecular formula is C17H9F3O3S2. The third kappa shape index (κ3) is 2.52. The highest BCUT2D eigenvalue weighted by Crippen LogP contribution is 2.39. The van der Waals surface area contributed by atoms with Gasteiger partial charge in [0.25, 0.3) is 0 Å². The van der Waals surface area contributed by atoms with Crippen LogP contribution in [0.1, 0.15) is 0 Å². The monoisotopic (exact) mass is 382 g/mol. The number of fused-ring (bicyclic) bond motifs is 6. The highest BCUT2D eigenvalue weighted by molar-refractivity contribution is 7.88. The Morgan fingerprint density at radius 1 is 0.840 bits per heavy atom. The second kappa shape index (κ2) is 5.34. The van der Waals surface area contributed by atoms with Gasteiger partial charge < -0.3 is 4.18 Å². The van der Waals surface area contributed by atoms with Crippen LogP contribution in [0.4, 0.5) is 13.2 Å². The molecule has 0 aliphatic carbocycles. The van der Waals surface area contributed by atoms with Crippen LogP contribution < -0.4 is 4.18 Å². The SMILES string of the molecule is O=S(=O)(Oc1ccc2c(c1)c1ccccc1c1sccc21)C(F)(F)F. The summed E-state index contributed by atoms with van der Waals surface area (Å²) in [5.41, 5.74) is -5.47. The summed E-state index contributed by atoms with van der Waals surface area (Å²) in [6.45, 7) is 0. The minimum Gasteiger partial charge on any atom is -0.376 e. The standard InChI is InChI=1S/C17H9F3O3S2/c18-17(19,20)25(21,22)23-10-5-6-12-14-7-8-24-16(14)13-4-2-1-3-11(13)15(12)9-10/h1-9H. The van der Waals surface area contributed by atoms with Crippen molar-refractivity contribution in [2.45, 2.75) is 5.51 Å². The first-order chi connectivity index (χ1) is 11.8. The molecule has 4 aromatic rings. The zero-order valence-electron chi connectivity index (χ0n) is 12.4. The van der Waals surface area contributed by atoms with Crippen LogP contribution in [0.25, 0.3) is 31.6 Å². The van der Waals surface area contributed by atoms with Gasteiger partial charge in [0, 0.05) is 15.5 Å². The molecule has 0 fully saturated rings. The predicted octanol–water partition coefficient (Wildman–Crippen LogP) is 5.44. The molecule has 1 aromatic heterocycles. The van der Waals surface area contributed by atoms with E-state index >= 15 is 0 Å². The van der Waals surface area contributed by atoms with Gasteiger partial charge in [-0.2, -0.15) is 21.6 Å². The largest absolute Gasteiger partial charge is 0.534 e. The summed E-state index contributed by atoms with van der Waals surface area (Å²) in [7, 11) is -5.70. The van der Waals surface area contributed by atoms with Crippen molar-refractivity contribution in [3.63, 3.8) is 0 Å². The van der Waals surface area contributed by atoms with Crippen molar-refractivity contribution in [1.82, 2.24) is 0 Å². The molecular weight excluding hydrogens is 373 g/mol. The van der Waals surface area contributed by atoms with Crippen molar-refractivity contribution in [1.29, 1.82) is 0 Å². The average Bonchev–Trinajstić information content (AvgIpc) is 3.03. The summed E-state index contributed by atoms with van der Waals surface area (Å²) >= 11 is 1.57. The smallest absolute Gasteiger partial charge is 0.376 e. The third-order valence-electron chi connectivity index (χ3n) is 3.90. The van der Waals surface area contributed by atoms with Crippen LogP contribution in [0.15, 0.2) is 53.9 Å². The van der Waals surface area contributed by atoms with Crippen LogP contribution in [0.2, 0.25) is 0 Å². The zero-order valence-corrected chi connectivity index (χ0v) is 14.0. The topological polar surface area (TPSA) is 43.4 Å². The Morgan fingerprint density at radius 2 is 1.48 bits per heavy atom. The van der Waals surface area contributed by atoms with Crippen LogP contribution in [0.3, 0.4) is 0 Å². The Kier molecular flexibility index (Phi) is 3.45. The molecule has 0 N–H and O–H groups in total. The number of hydrogen-bond acceptors (Lipinski definition) is 4. The first-order valence-electron chi connectivity index (χ1n) is 7.10. The first kappa shape index (κ1) is 16.2. The molecule has 0 saturated heterocycles. The highest BCUT2D eigenvalue weighted by Gasteiger charge is 2.48. The van der Waals surface area contributed by atoms with E-state index in [1.165, 1.54) is 12.1 Å². The summed E-state index contributed by atoms with van der Waals surface area (Å²) in [6.07, 6.45) is 0. The maximum atomic E-state index is 12.5. The Morgan fingerprint density at radius 3 is 2.20 bits per heavy atom.